The van der Waals surface area contributed by atoms with Crippen molar-refractivity contribution in [3.8, 4) is 0 Å². The predicted molar refractivity (Wildman–Crippen MR) is 121 cm³/mol. The van der Waals surface area contributed by atoms with E-state index in [4.69, 9.17) is 4.74 Å². The number of hydrogen-bond acceptors (Lipinski definition) is 7. The van der Waals surface area contributed by atoms with Gasteiger partial charge in [-0.25, -0.2) is 27.2 Å². The Morgan fingerprint density at radius 1 is 1.18 bits per heavy atom. The Morgan fingerprint density at radius 3 is 2.62 bits per heavy atom. The maximum atomic E-state index is 13.3. The second-order valence-electron chi connectivity index (χ2n) is 8.59. The highest BCUT2D eigenvalue weighted by atomic mass is 32.2. The molecule has 3 heterocycles. The number of nitrogens with zero attached hydrogens (tertiary/aromatic N) is 2. The Morgan fingerprint density at radius 2 is 1.97 bits per heavy atom. The van der Waals surface area contributed by atoms with E-state index in [-0.39, 0.29) is 51.2 Å². The monoisotopic (exact) mass is 491 g/mol. The maximum absolute atomic E-state index is 13.3. The molecule has 2 aromatic heterocycles. The summed E-state index contributed by atoms with van der Waals surface area (Å²) in [7, 11) is -3.65. The van der Waals surface area contributed by atoms with Crippen LogP contribution in [0.15, 0.2) is 29.2 Å². The second-order valence-corrected chi connectivity index (χ2v) is 10.6. The average Bonchev–Trinajstić information content (AvgIpc) is 3.30. The van der Waals surface area contributed by atoms with E-state index in [0.29, 0.717) is 6.61 Å². The van der Waals surface area contributed by atoms with Crippen LogP contribution in [-0.2, 0) is 19.4 Å². The Hall–Kier alpha value is -3.12. The summed E-state index contributed by atoms with van der Waals surface area (Å²) in [6.07, 6.45) is 1.33. The van der Waals surface area contributed by atoms with Crippen molar-refractivity contribution in [2.75, 3.05) is 23.5 Å². The van der Waals surface area contributed by atoms with Crippen LogP contribution in [0.2, 0.25) is 0 Å². The van der Waals surface area contributed by atoms with Crippen molar-refractivity contribution in [3.63, 3.8) is 0 Å². The van der Waals surface area contributed by atoms with Crippen LogP contribution in [0.5, 0.6) is 0 Å². The molecule has 3 N–H and O–H groups in total. The lowest BCUT2D eigenvalue weighted by Crippen LogP contribution is -2.14. The van der Waals surface area contributed by atoms with E-state index in [2.05, 4.69) is 25.6 Å². The second kappa shape index (κ2) is 8.58. The van der Waals surface area contributed by atoms with E-state index >= 15 is 0 Å². The van der Waals surface area contributed by atoms with Crippen molar-refractivity contribution in [3.05, 3.63) is 35.7 Å². The fraction of sp³-hybridized carbons (Fsp3) is 0.409. The number of rotatable bonds is 7. The lowest BCUT2D eigenvalue weighted by Gasteiger charge is -2.16. The van der Waals surface area contributed by atoms with Crippen LogP contribution in [0.3, 0.4) is 0 Å². The van der Waals surface area contributed by atoms with Gasteiger partial charge in [0.15, 0.2) is 21.3 Å². The number of aromatic amines is 1. The molecule has 2 fully saturated rings. The molecule has 12 heteroatoms. The number of hydrogen-bond donors (Lipinski definition) is 3. The molecule has 0 spiro atoms. The average molecular weight is 492 g/mol. The van der Waals surface area contributed by atoms with Crippen LogP contribution >= 0.6 is 0 Å². The number of imidazole rings is 1. The lowest BCUT2D eigenvalue weighted by atomic mass is 10.1. The molecule has 0 bridgehead atoms. The smallest absolute Gasteiger partial charge is 0.295 e. The van der Waals surface area contributed by atoms with Crippen LogP contribution in [0.4, 0.5) is 26.0 Å². The molecule has 0 radical (unpaired) electrons. The molecule has 3 aromatic rings. The summed E-state index contributed by atoms with van der Waals surface area (Å²) in [6, 6.07) is 6.43. The number of pyridine rings is 1. The normalized spacial score (nSPS) is 18.5. The molecule has 1 saturated heterocycles. The van der Waals surface area contributed by atoms with Crippen LogP contribution < -0.4 is 10.6 Å². The number of carbonyl (C=O) groups is 1. The maximum Gasteiger partial charge on any atom is 0.295 e. The van der Waals surface area contributed by atoms with E-state index in [1.807, 2.05) is 0 Å². The number of amides is 1. The standard InChI is InChI=1S/C22H23F2N5O4S/c1-34(31,32)16-9-12(15-3-2-8-33-15)6-7-13(16)25-14-10-17(27-22(30)11-4-5-11)26-20-18(14)28-21(29-20)19(23)24/h6-7,9-11,15,19H,2-5,8H2,1H3,(H3,25,26,27,28,29,30)/t15-/m1/s1. The first-order chi connectivity index (χ1) is 16.2. The first-order valence-electron chi connectivity index (χ1n) is 10.9. The third-order valence-electron chi connectivity index (χ3n) is 5.86. The third kappa shape index (κ3) is 4.60. The van der Waals surface area contributed by atoms with Gasteiger partial charge in [-0.2, -0.15) is 0 Å². The number of carbonyl (C=O) groups excluding carboxylic acids is 1. The third-order valence-corrected chi connectivity index (χ3v) is 7.00. The molecule has 1 atom stereocenters. The zero-order chi connectivity index (χ0) is 24.0. The summed E-state index contributed by atoms with van der Waals surface area (Å²) in [6.45, 7) is 0.621. The topological polar surface area (TPSA) is 126 Å². The van der Waals surface area contributed by atoms with Crippen LogP contribution in [0.1, 0.15) is 49.6 Å². The van der Waals surface area contributed by atoms with E-state index in [1.54, 1.807) is 18.2 Å². The Balaban J connectivity index is 1.57. The summed E-state index contributed by atoms with van der Waals surface area (Å²) >= 11 is 0. The minimum atomic E-state index is -3.65. The molecule has 5 rings (SSSR count). The quantitative estimate of drug-likeness (QED) is 0.451. The lowest BCUT2D eigenvalue weighted by molar-refractivity contribution is -0.117. The largest absolute Gasteiger partial charge is 0.374 e. The molecule has 1 saturated carbocycles. The molecule has 1 aliphatic heterocycles. The molecule has 1 aliphatic carbocycles. The molecule has 180 valence electrons. The SMILES string of the molecule is CS(=O)(=O)c1cc([C@H]2CCCO2)ccc1Nc1cc(NC(=O)C2CC2)nc2nc(C(F)F)[nH]c12. The van der Waals surface area contributed by atoms with Crippen LogP contribution in [-0.4, -0.2) is 42.1 Å². The van der Waals surface area contributed by atoms with Crippen molar-refractivity contribution in [2.45, 2.75) is 43.1 Å². The Bertz CT molecular complexity index is 1370. The van der Waals surface area contributed by atoms with Crippen LogP contribution in [0.25, 0.3) is 11.2 Å². The molecule has 1 amide bonds. The molecule has 9 nitrogen and oxygen atoms in total. The van der Waals surface area contributed by atoms with Gasteiger partial charge in [0.05, 0.1) is 22.4 Å². The highest BCUT2D eigenvalue weighted by molar-refractivity contribution is 7.90. The van der Waals surface area contributed by atoms with Crippen molar-refractivity contribution in [1.29, 1.82) is 0 Å². The number of aromatic nitrogens is 3. The molecular formula is C22H23F2N5O4S. The van der Waals surface area contributed by atoms with Gasteiger partial charge in [-0.15, -0.1) is 0 Å². The highest BCUT2D eigenvalue weighted by Crippen LogP contribution is 2.36. The van der Waals surface area contributed by atoms with Gasteiger partial charge >= 0.3 is 0 Å². The van der Waals surface area contributed by atoms with E-state index in [1.165, 1.54) is 6.07 Å². The fourth-order valence-corrected chi connectivity index (χ4v) is 4.85. The van der Waals surface area contributed by atoms with Crippen molar-refractivity contribution >= 4 is 44.1 Å². The van der Waals surface area contributed by atoms with E-state index in [9.17, 15) is 22.0 Å². The number of nitrogens with one attached hydrogen (secondary N) is 3. The van der Waals surface area contributed by atoms with Gasteiger partial charge in [0.1, 0.15) is 11.3 Å². The number of H-pyrrole nitrogens is 1. The molecular weight excluding hydrogens is 468 g/mol. The number of fused-ring (bicyclic) bond motifs is 1. The number of alkyl halides is 2. The number of ether oxygens (including phenoxy) is 1. The predicted octanol–water partition coefficient (Wildman–Crippen LogP) is 4.24. The van der Waals surface area contributed by atoms with Crippen molar-refractivity contribution in [1.82, 2.24) is 15.0 Å². The van der Waals surface area contributed by atoms with Crippen molar-refractivity contribution < 1.29 is 26.7 Å². The Labute approximate surface area is 194 Å². The van der Waals surface area contributed by atoms with Crippen LogP contribution in [0, 0.1) is 5.92 Å². The first-order valence-corrected chi connectivity index (χ1v) is 12.8. The number of anilines is 3. The van der Waals surface area contributed by atoms with Crippen molar-refractivity contribution in [2.24, 2.45) is 5.92 Å². The van der Waals surface area contributed by atoms with Gasteiger partial charge in [0.25, 0.3) is 6.43 Å². The van der Waals surface area contributed by atoms with Gasteiger partial charge in [-0.3, -0.25) is 4.79 Å². The zero-order valence-corrected chi connectivity index (χ0v) is 19.1. The van der Waals surface area contributed by atoms with E-state index < -0.39 is 22.1 Å². The number of halogens is 2. The molecule has 0 unspecified atom stereocenters. The molecule has 34 heavy (non-hydrogen) atoms. The summed E-state index contributed by atoms with van der Waals surface area (Å²) in [4.78, 5) is 22.8. The highest BCUT2D eigenvalue weighted by Gasteiger charge is 2.30. The van der Waals surface area contributed by atoms with Gasteiger partial charge in [-0.1, -0.05) is 6.07 Å². The fourth-order valence-electron chi connectivity index (χ4n) is 3.98. The minimum absolute atomic E-state index is 0.0247. The summed E-state index contributed by atoms with van der Waals surface area (Å²) in [5, 5.41) is 5.71. The summed E-state index contributed by atoms with van der Waals surface area (Å²) in [5.41, 5.74) is 1.41. The summed E-state index contributed by atoms with van der Waals surface area (Å²) in [5.74, 6) is -0.739. The van der Waals surface area contributed by atoms with Gasteiger partial charge in [0.2, 0.25) is 5.91 Å². The van der Waals surface area contributed by atoms with Gasteiger partial charge in [-0.05, 0) is 43.4 Å². The van der Waals surface area contributed by atoms with Gasteiger partial charge < -0.3 is 20.4 Å². The summed E-state index contributed by atoms with van der Waals surface area (Å²) < 4.78 is 57.5. The zero-order valence-electron chi connectivity index (χ0n) is 18.3. The number of benzene rings is 1. The number of sulfone groups is 1. The minimum Gasteiger partial charge on any atom is -0.374 e. The first kappa shape index (κ1) is 22.7. The Kier molecular flexibility index (Phi) is 5.72. The van der Waals surface area contributed by atoms with E-state index in [0.717, 1.165) is 37.5 Å². The molecule has 2 aliphatic rings. The molecule has 1 aromatic carbocycles. The van der Waals surface area contributed by atoms with Gasteiger partial charge in [0, 0.05) is 24.8 Å².